The van der Waals surface area contributed by atoms with Gasteiger partial charge in [0.15, 0.2) is 0 Å². The lowest BCUT2D eigenvalue weighted by Crippen LogP contribution is -2.36. The van der Waals surface area contributed by atoms with Gasteiger partial charge < -0.3 is 0 Å². The summed E-state index contributed by atoms with van der Waals surface area (Å²) in [7, 11) is -5.90. The van der Waals surface area contributed by atoms with E-state index in [9.17, 15) is 21.6 Å². The average Bonchev–Trinajstić information content (AvgIpc) is 3.33. The molecule has 0 saturated carbocycles. The summed E-state index contributed by atoms with van der Waals surface area (Å²) in [5.74, 6) is 0. The first-order valence-electron chi connectivity index (χ1n) is 13.6. The first kappa shape index (κ1) is 28.4. The molecule has 7 heteroatoms. The van der Waals surface area contributed by atoms with Gasteiger partial charge in [-0.05, 0) is 57.5 Å². The maximum atomic E-state index is 13.9. The second kappa shape index (κ2) is 10.8. The van der Waals surface area contributed by atoms with Crippen LogP contribution in [-0.2, 0) is 10.0 Å². The Bertz CT molecular complexity index is 1840. The minimum absolute atomic E-state index is 0.220. The Morgan fingerprint density at radius 1 is 0.605 bits per heavy atom. The summed E-state index contributed by atoms with van der Waals surface area (Å²) in [6, 6.07) is 38.1. The number of hydrogen-bond acceptors (Lipinski definition) is 2. The molecule has 2 aliphatic rings. The van der Waals surface area contributed by atoms with E-state index in [1.807, 2.05) is 134 Å². The van der Waals surface area contributed by atoms with Crippen LogP contribution in [0, 0.1) is 5.41 Å². The fourth-order valence-corrected chi connectivity index (χ4v) is 6.69. The standard InChI is InChI=1S/C36H26F3NO2S/c1-25-15-14-24-30(40-43(41,42)36(37,38)39)35(25)33(28-20-10-4-11-21-28)31(26-16-6-2-7-17-26)32(27-18-8-3-9-19-27)34(35)29-22-12-5-13-23-29/h2-24H,1H3/b40-30-. The molecule has 214 valence electrons. The van der Waals surface area contributed by atoms with Crippen LogP contribution in [0.25, 0.3) is 22.3 Å². The van der Waals surface area contributed by atoms with Crippen LogP contribution in [0.1, 0.15) is 29.2 Å². The molecule has 0 aliphatic heterocycles. The minimum atomic E-state index is -5.90. The molecule has 43 heavy (non-hydrogen) atoms. The Balaban J connectivity index is 1.89. The summed E-state index contributed by atoms with van der Waals surface area (Å²) in [6.45, 7) is 1.82. The molecule has 0 amide bonds. The van der Waals surface area contributed by atoms with Gasteiger partial charge in [-0.25, -0.2) is 0 Å². The lowest BCUT2D eigenvalue weighted by Gasteiger charge is -2.39. The van der Waals surface area contributed by atoms with E-state index in [-0.39, 0.29) is 5.71 Å². The van der Waals surface area contributed by atoms with Crippen molar-refractivity contribution in [1.29, 1.82) is 0 Å². The second-order valence-corrected chi connectivity index (χ2v) is 11.9. The normalized spacial score (nSPS) is 17.6. The van der Waals surface area contributed by atoms with Gasteiger partial charge in [0, 0.05) is 0 Å². The van der Waals surface area contributed by atoms with Gasteiger partial charge in [0.25, 0.3) is 0 Å². The van der Waals surface area contributed by atoms with E-state index in [0.717, 1.165) is 33.4 Å². The van der Waals surface area contributed by atoms with Crippen LogP contribution >= 0.6 is 0 Å². The Kier molecular flexibility index (Phi) is 7.14. The molecule has 0 bridgehead atoms. The van der Waals surface area contributed by atoms with E-state index in [0.29, 0.717) is 16.7 Å². The van der Waals surface area contributed by atoms with Crippen LogP contribution in [0.3, 0.4) is 0 Å². The minimum Gasteiger partial charge on any atom is -0.195 e. The summed E-state index contributed by atoms with van der Waals surface area (Å²) in [6.07, 6.45) is 4.76. The fourth-order valence-electron chi connectivity index (χ4n) is 6.13. The van der Waals surface area contributed by atoms with Gasteiger partial charge in [-0.2, -0.15) is 26.0 Å². The first-order chi connectivity index (χ1) is 20.7. The van der Waals surface area contributed by atoms with Crippen molar-refractivity contribution in [2.24, 2.45) is 9.81 Å². The van der Waals surface area contributed by atoms with Gasteiger partial charge in [-0.15, -0.1) is 0 Å². The lowest BCUT2D eigenvalue weighted by atomic mass is 9.62. The van der Waals surface area contributed by atoms with Gasteiger partial charge in [-0.1, -0.05) is 139 Å². The highest BCUT2D eigenvalue weighted by molar-refractivity contribution is 7.91. The molecule has 1 spiro atoms. The molecule has 0 atom stereocenters. The predicted octanol–water partition coefficient (Wildman–Crippen LogP) is 9.02. The first-order valence-corrected chi connectivity index (χ1v) is 15.1. The van der Waals surface area contributed by atoms with Crippen LogP contribution in [0.5, 0.6) is 0 Å². The predicted molar refractivity (Wildman–Crippen MR) is 167 cm³/mol. The average molecular weight is 594 g/mol. The summed E-state index contributed by atoms with van der Waals surface area (Å²) in [5, 5.41) is 0. The molecule has 0 unspecified atom stereocenters. The van der Waals surface area contributed by atoms with Gasteiger partial charge in [0.1, 0.15) is 0 Å². The van der Waals surface area contributed by atoms with Crippen LogP contribution in [0.4, 0.5) is 13.2 Å². The van der Waals surface area contributed by atoms with Crippen molar-refractivity contribution in [1.82, 2.24) is 0 Å². The fraction of sp³-hybridized carbons (Fsp3) is 0.0833. The molecule has 6 rings (SSSR count). The van der Waals surface area contributed by atoms with Crippen LogP contribution in [-0.4, -0.2) is 19.6 Å². The molecule has 0 heterocycles. The number of nitrogens with zero attached hydrogens (tertiary/aromatic N) is 1. The van der Waals surface area contributed by atoms with Gasteiger partial charge in [0.2, 0.25) is 0 Å². The highest BCUT2D eigenvalue weighted by Gasteiger charge is 2.55. The quantitative estimate of drug-likeness (QED) is 0.232. The third-order valence-corrected chi connectivity index (χ3v) is 8.86. The summed E-state index contributed by atoms with van der Waals surface area (Å²) in [5.41, 5.74) is -0.581. The molecule has 4 aromatic rings. The molecule has 3 nitrogen and oxygen atoms in total. The molecule has 2 aliphatic carbocycles. The molecule has 0 fully saturated rings. The van der Waals surface area contributed by atoms with Gasteiger partial charge in [0.05, 0.1) is 11.1 Å². The summed E-state index contributed by atoms with van der Waals surface area (Å²) < 4.78 is 70.9. The van der Waals surface area contributed by atoms with E-state index in [2.05, 4.69) is 4.40 Å². The summed E-state index contributed by atoms with van der Waals surface area (Å²) >= 11 is 0. The molecule has 0 aromatic heterocycles. The van der Waals surface area contributed by atoms with E-state index in [1.165, 1.54) is 6.08 Å². The van der Waals surface area contributed by atoms with E-state index in [1.54, 1.807) is 6.08 Å². The number of halogens is 3. The third kappa shape index (κ3) is 4.70. The number of sulfonamides is 1. The molecular weight excluding hydrogens is 567 g/mol. The van der Waals surface area contributed by atoms with E-state index < -0.39 is 20.9 Å². The maximum absolute atomic E-state index is 13.9. The number of benzene rings is 4. The smallest absolute Gasteiger partial charge is 0.195 e. The SMILES string of the molecule is CC1=CC=C/C(=N/S(=O)(=O)C(F)(F)F)C12C(c1ccccc1)=C(c1ccccc1)C(c1ccccc1)=C2c1ccccc1. The zero-order chi connectivity index (χ0) is 30.2. The number of rotatable bonds is 5. The van der Waals surface area contributed by atoms with Crippen molar-refractivity contribution < 1.29 is 21.6 Å². The van der Waals surface area contributed by atoms with Gasteiger partial charge in [-0.3, -0.25) is 0 Å². The van der Waals surface area contributed by atoms with Crippen molar-refractivity contribution in [2.75, 3.05) is 0 Å². The molecular formula is C36H26F3NO2S. The highest BCUT2D eigenvalue weighted by Crippen LogP contribution is 2.65. The maximum Gasteiger partial charge on any atom is 0.518 e. The van der Waals surface area contributed by atoms with Crippen molar-refractivity contribution in [3.05, 3.63) is 167 Å². The molecule has 0 saturated heterocycles. The third-order valence-electron chi connectivity index (χ3n) is 7.84. The number of allylic oxidation sites excluding steroid dienone is 8. The van der Waals surface area contributed by atoms with Crippen molar-refractivity contribution >= 4 is 38.0 Å². The molecule has 4 aromatic carbocycles. The number of alkyl halides is 3. The van der Waals surface area contributed by atoms with Crippen molar-refractivity contribution in [2.45, 2.75) is 12.4 Å². The zero-order valence-electron chi connectivity index (χ0n) is 23.1. The number of hydrogen-bond donors (Lipinski definition) is 0. The largest absolute Gasteiger partial charge is 0.518 e. The topological polar surface area (TPSA) is 46.5 Å². The van der Waals surface area contributed by atoms with Gasteiger partial charge >= 0.3 is 15.5 Å². The Morgan fingerprint density at radius 2 is 0.977 bits per heavy atom. The monoisotopic (exact) mass is 593 g/mol. The Hall–Kier alpha value is -4.75. The van der Waals surface area contributed by atoms with E-state index >= 15 is 0 Å². The zero-order valence-corrected chi connectivity index (χ0v) is 23.9. The van der Waals surface area contributed by atoms with E-state index in [4.69, 9.17) is 0 Å². The summed E-state index contributed by atoms with van der Waals surface area (Å²) in [4.78, 5) is 0. The Morgan fingerprint density at radius 3 is 1.35 bits per heavy atom. The highest BCUT2D eigenvalue weighted by atomic mass is 32.2. The van der Waals surface area contributed by atoms with Crippen molar-refractivity contribution in [3.8, 4) is 0 Å². The lowest BCUT2D eigenvalue weighted by molar-refractivity contribution is -0.0435. The second-order valence-electron chi connectivity index (χ2n) is 10.3. The van der Waals surface area contributed by atoms with Crippen LogP contribution in [0.15, 0.2) is 150 Å². The Labute approximate surface area is 248 Å². The van der Waals surface area contributed by atoms with Crippen molar-refractivity contribution in [3.63, 3.8) is 0 Å². The van der Waals surface area contributed by atoms with Crippen LogP contribution < -0.4 is 0 Å². The van der Waals surface area contributed by atoms with Crippen LogP contribution in [0.2, 0.25) is 0 Å². The molecule has 0 N–H and O–H groups in total. The molecule has 0 radical (unpaired) electrons.